The largest absolute Gasteiger partial charge is 0.256 e. The molecule has 0 saturated heterocycles. The second-order valence-corrected chi connectivity index (χ2v) is 2.70. The lowest BCUT2D eigenvalue weighted by Gasteiger charge is -2.06. The summed E-state index contributed by atoms with van der Waals surface area (Å²) in [5.74, 6) is 0. The van der Waals surface area contributed by atoms with E-state index in [1.165, 1.54) is 0 Å². The summed E-state index contributed by atoms with van der Waals surface area (Å²) in [4.78, 5) is 0. The topological polar surface area (TPSA) is 15.9 Å². The molecule has 1 aromatic heterocycles. The Morgan fingerprint density at radius 2 is 2.08 bits per heavy atom. The van der Waals surface area contributed by atoms with E-state index in [9.17, 15) is 0 Å². The van der Waals surface area contributed by atoms with Crippen LogP contribution in [0, 0.1) is 0 Å². The molecule has 1 rings (SSSR count). The lowest BCUT2D eigenvalue weighted by Crippen LogP contribution is -2.45. The number of rotatable bonds is 4. The highest BCUT2D eigenvalue weighted by molar-refractivity contribution is 4.84. The number of nitrogens with zero attached hydrogens (tertiary/aromatic N) is 1. The lowest BCUT2D eigenvalue weighted by atomic mass is 10.4. The zero-order chi connectivity index (χ0) is 8.81. The number of pyridine rings is 1. The van der Waals surface area contributed by atoms with Gasteiger partial charge in [0.1, 0.15) is 0 Å². The summed E-state index contributed by atoms with van der Waals surface area (Å²) in [6.45, 7) is 6.61. The van der Waals surface area contributed by atoms with Gasteiger partial charge in [-0.25, -0.2) is 0 Å². The highest BCUT2D eigenvalue weighted by Crippen LogP contribution is 1.87. The predicted octanol–water partition coefficient (Wildman–Crippen LogP) is 1.27. The van der Waals surface area contributed by atoms with Gasteiger partial charge in [0.05, 0.1) is 0 Å². The van der Waals surface area contributed by atoms with Crippen molar-refractivity contribution >= 4 is 0 Å². The number of hydrogen-bond donors (Lipinski definition) is 1. The van der Waals surface area contributed by atoms with Gasteiger partial charge in [-0.15, -0.1) is 6.58 Å². The van der Waals surface area contributed by atoms with Gasteiger partial charge in [-0.1, -0.05) is 12.1 Å². The summed E-state index contributed by atoms with van der Waals surface area (Å²) in [5.41, 5.74) is 0. The molecule has 0 fully saturated rings. The molecule has 1 aromatic rings. The molecule has 64 valence electrons. The van der Waals surface area contributed by atoms with Gasteiger partial charge in [0.15, 0.2) is 12.4 Å². The molecule has 0 bridgehead atoms. The third-order valence-electron chi connectivity index (χ3n) is 1.74. The van der Waals surface area contributed by atoms with Crippen LogP contribution in [0.2, 0.25) is 0 Å². The Bertz CT molecular complexity index is 231. The highest BCUT2D eigenvalue weighted by atomic mass is 15.1. The standard InChI is InChI=1S/C10H15N2/c1-3-7-11-10(2)12-8-5-4-6-9-12/h3-6,8-11H,1,7H2,2H3/q+1. The van der Waals surface area contributed by atoms with E-state index in [1.807, 2.05) is 36.7 Å². The summed E-state index contributed by atoms with van der Waals surface area (Å²) in [5, 5.41) is 3.29. The maximum atomic E-state index is 3.65. The van der Waals surface area contributed by atoms with Crippen molar-refractivity contribution in [2.24, 2.45) is 0 Å². The van der Waals surface area contributed by atoms with E-state index < -0.39 is 0 Å². The van der Waals surface area contributed by atoms with E-state index in [0.29, 0.717) is 6.17 Å². The summed E-state index contributed by atoms with van der Waals surface area (Å²) in [6, 6.07) is 6.05. The molecule has 1 unspecified atom stereocenters. The summed E-state index contributed by atoms with van der Waals surface area (Å²) >= 11 is 0. The quantitative estimate of drug-likeness (QED) is 0.522. The molecule has 1 atom stereocenters. The minimum absolute atomic E-state index is 0.323. The molecule has 0 saturated carbocycles. The smallest absolute Gasteiger partial charge is 0.209 e. The van der Waals surface area contributed by atoms with Crippen molar-refractivity contribution < 1.29 is 4.57 Å². The Morgan fingerprint density at radius 1 is 1.42 bits per heavy atom. The molecule has 0 spiro atoms. The minimum Gasteiger partial charge on any atom is -0.256 e. The Labute approximate surface area is 73.5 Å². The van der Waals surface area contributed by atoms with Crippen LogP contribution in [0.5, 0.6) is 0 Å². The van der Waals surface area contributed by atoms with E-state index in [4.69, 9.17) is 0 Å². The van der Waals surface area contributed by atoms with Gasteiger partial charge >= 0.3 is 0 Å². The summed E-state index contributed by atoms with van der Waals surface area (Å²) in [6.07, 6.45) is 6.27. The maximum absolute atomic E-state index is 3.65. The van der Waals surface area contributed by atoms with Crippen LogP contribution >= 0.6 is 0 Å². The summed E-state index contributed by atoms with van der Waals surface area (Å²) < 4.78 is 2.11. The minimum atomic E-state index is 0.323. The van der Waals surface area contributed by atoms with Crippen LogP contribution in [0.1, 0.15) is 13.1 Å². The Kier molecular flexibility index (Phi) is 3.48. The van der Waals surface area contributed by atoms with E-state index in [-0.39, 0.29) is 0 Å². The number of nitrogens with one attached hydrogen (secondary N) is 1. The van der Waals surface area contributed by atoms with Crippen molar-refractivity contribution in [2.75, 3.05) is 6.54 Å². The van der Waals surface area contributed by atoms with Gasteiger partial charge in [0, 0.05) is 25.6 Å². The molecule has 0 aliphatic heterocycles. The molecule has 1 N–H and O–H groups in total. The molecular formula is C10H15N2+. The van der Waals surface area contributed by atoms with E-state index in [2.05, 4.69) is 23.4 Å². The van der Waals surface area contributed by atoms with Gasteiger partial charge in [0.2, 0.25) is 6.17 Å². The highest BCUT2D eigenvalue weighted by Gasteiger charge is 2.07. The fraction of sp³-hybridized carbons (Fsp3) is 0.300. The van der Waals surface area contributed by atoms with Crippen LogP contribution in [0.15, 0.2) is 43.2 Å². The van der Waals surface area contributed by atoms with Crippen LogP contribution in [-0.2, 0) is 0 Å². The number of aromatic nitrogens is 1. The van der Waals surface area contributed by atoms with Crippen molar-refractivity contribution in [3.05, 3.63) is 43.2 Å². The Morgan fingerprint density at radius 3 is 2.67 bits per heavy atom. The van der Waals surface area contributed by atoms with Crippen molar-refractivity contribution in [1.82, 2.24) is 5.32 Å². The average Bonchev–Trinajstić information content (AvgIpc) is 2.15. The maximum Gasteiger partial charge on any atom is 0.209 e. The van der Waals surface area contributed by atoms with Crippen molar-refractivity contribution in [3.8, 4) is 0 Å². The normalized spacial score (nSPS) is 12.4. The van der Waals surface area contributed by atoms with Crippen molar-refractivity contribution in [3.63, 3.8) is 0 Å². The van der Waals surface area contributed by atoms with Gasteiger partial charge in [0.25, 0.3) is 0 Å². The second-order valence-electron chi connectivity index (χ2n) is 2.70. The lowest BCUT2D eigenvalue weighted by molar-refractivity contribution is -0.724. The van der Waals surface area contributed by atoms with Gasteiger partial charge < -0.3 is 0 Å². The molecule has 2 nitrogen and oxygen atoms in total. The Balaban J connectivity index is 2.53. The van der Waals surface area contributed by atoms with Crippen molar-refractivity contribution in [2.45, 2.75) is 13.1 Å². The van der Waals surface area contributed by atoms with Crippen LogP contribution in [0.4, 0.5) is 0 Å². The molecule has 1 heterocycles. The predicted molar refractivity (Wildman–Crippen MR) is 49.5 cm³/mol. The van der Waals surface area contributed by atoms with Crippen LogP contribution in [0.25, 0.3) is 0 Å². The van der Waals surface area contributed by atoms with Gasteiger partial charge in [-0.05, 0) is 0 Å². The first-order valence-electron chi connectivity index (χ1n) is 4.14. The van der Waals surface area contributed by atoms with Crippen molar-refractivity contribution in [1.29, 1.82) is 0 Å². The average molecular weight is 163 g/mol. The van der Waals surface area contributed by atoms with E-state index >= 15 is 0 Å². The molecule has 0 aromatic carbocycles. The second kappa shape index (κ2) is 4.67. The van der Waals surface area contributed by atoms with Crippen LogP contribution in [-0.4, -0.2) is 6.54 Å². The first kappa shape index (κ1) is 8.94. The van der Waals surface area contributed by atoms with Gasteiger partial charge in [-0.3, -0.25) is 5.32 Å². The molecule has 0 radical (unpaired) electrons. The zero-order valence-corrected chi connectivity index (χ0v) is 7.40. The molecular weight excluding hydrogens is 148 g/mol. The first-order chi connectivity index (χ1) is 5.84. The Hall–Kier alpha value is -1.15. The molecule has 12 heavy (non-hydrogen) atoms. The monoisotopic (exact) mass is 163 g/mol. The van der Waals surface area contributed by atoms with Crippen LogP contribution in [0.3, 0.4) is 0 Å². The summed E-state index contributed by atoms with van der Waals surface area (Å²) in [7, 11) is 0. The fourth-order valence-electron chi connectivity index (χ4n) is 1.03. The van der Waals surface area contributed by atoms with Gasteiger partial charge in [-0.2, -0.15) is 4.57 Å². The SMILES string of the molecule is C=CCNC(C)[n+]1ccccc1. The fourth-order valence-corrected chi connectivity index (χ4v) is 1.03. The molecule has 0 amide bonds. The van der Waals surface area contributed by atoms with E-state index in [1.54, 1.807) is 0 Å². The van der Waals surface area contributed by atoms with E-state index in [0.717, 1.165) is 6.54 Å². The molecule has 0 aliphatic carbocycles. The first-order valence-corrected chi connectivity index (χ1v) is 4.14. The number of hydrogen-bond acceptors (Lipinski definition) is 1. The third-order valence-corrected chi connectivity index (χ3v) is 1.74. The molecule has 0 aliphatic rings. The zero-order valence-electron chi connectivity index (χ0n) is 7.40. The third kappa shape index (κ3) is 2.47. The molecule has 2 heteroatoms. The van der Waals surface area contributed by atoms with Crippen LogP contribution < -0.4 is 9.88 Å².